The van der Waals surface area contributed by atoms with E-state index in [-0.39, 0.29) is 0 Å². The van der Waals surface area contributed by atoms with Crippen LogP contribution < -0.4 is 0 Å². The van der Waals surface area contributed by atoms with E-state index in [4.69, 9.17) is 15.0 Å². The van der Waals surface area contributed by atoms with E-state index in [1.807, 2.05) is 23.5 Å². The van der Waals surface area contributed by atoms with Gasteiger partial charge in [0.25, 0.3) is 0 Å². The fourth-order valence-corrected chi connectivity index (χ4v) is 8.29. The van der Waals surface area contributed by atoms with E-state index in [0.29, 0.717) is 17.5 Å². The third kappa shape index (κ3) is 4.78. The summed E-state index contributed by atoms with van der Waals surface area (Å²) in [5.74, 6) is 1.97. The van der Waals surface area contributed by atoms with Crippen LogP contribution in [-0.4, -0.2) is 15.0 Å². The third-order valence-electron chi connectivity index (χ3n) is 8.38. The van der Waals surface area contributed by atoms with Gasteiger partial charge in [0.05, 0.1) is 0 Å². The number of benzene rings is 6. The van der Waals surface area contributed by atoms with Gasteiger partial charge in [-0.05, 0) is 46.3 Å². The van der Waals surface area contributed by atoms with Crippen LogP contribution in [0.15, 0.2) is 152 Å². The summed E-state index contributed by atoms with van der Waals surface area (Å²) in [6, 6.07) is 53.3. The number of aromatic nitrogens is 3. The fourth-order valence-electron chi connectivity index (χ4n) is 6.07. The quantitative estimate of drug-likeness (QED) is 0.191. The largest absolute Gasteiger partial charge is 0.208 e. The van der Waals surface area contributed by atoms with Crippen LogP contribution in [0.2, 0.25) is 0 Å². The second-order valence-corrected chi connectivity index (χ2v) is 13.4. The number of rotatable bonds is 5. The summed E-state index contributed by atoms with van der Waals surface area (Å²) in [5.41, 5.74) is 6.30. The predicted molar refractivity (Wildman–Crippen MR) is 195 cm³/mol. The van der Waals surface area contributed by atoms with Crippen LogP contribution in [0.3, 0.4) is 0 Å². The summed E-state index contributed by atoms with van der Waals surface area (Å²) in [5, 5.41) is 3.80. The highest BCUT2D eigenvalue weighted by Gasteiger charge is 2.17. The molecule has 3 aromatic heterocycles. The van der Waals surface area contributed by atoms with Gasteiger partial charge in [-0.25, -0.2) is 15.0 Å². The van der Waals surface area contributed by atoms with Crippen LogP contribution >= 0.6 is 22.7 Å². The molecule has 0 saturated heterocycles. The normalized spacial score (nSPS) is 11.5. The van der Waals surface area contributed by atoms with Crippen LogP contribution in [0.25, 0.3) is 86.0 Å². The lowest BCUT2D eigenvalue weighted by atomic mass is 9.99. The number of hydrogen-bond acceptors (Lipinski definition) is 5. The Balaban J connectivity index is 1.20. The number of hydrogen-bond donors (Lipinski definition) is 0. The summed E-state index contributed by atoms with van der Waals surface area (Å²) in [6.07, 6.45) is 0. The molecule has 0 aliphatic rings. The molecule has 46 heavy (non-hydrogen) atoms. The molecule has 0 unspecified atom stereocenters. The zero-order valence-corrected chi connectivity index (χ0v) is 26.2. The molecule has 0 aliphatic heterocycles. The zero-order chi connectivity index (χ0) is 30.5. The second kappa shape index (κ2) is 11.1. The third-order valence-corrected chi connectivity index (χ3v) is 10.7. The van der Waals surface area contributed by atoms with Crippen molar-refractivity contribution in [3.8, 4) is 55.7 Å². The molecule has 0 aliphatic carbocycles. The molecule has 0 saturated carbocycles. The predicted octanol–water partition coefficient (Wildman–Crippen LogP) is 11.8. The van der Waals surface area contributed by atoms with E-state index in [1.54, 1.807) is 11.3 Å². The standard InChI is InChI=1S/C41H25N3S2/c1-2-10-26(11-3-1)31-13-5-6-15-34(31)41-43-39(28-20-18-27(19-21-28)37-24-29-12-4-8-16-35(29)45-37)42-40(44-41)30-22-23-33-32-14-7-9-17-36(32)46-38(33)25-30/h1-25H. The highest BCUT2D eigenvalue weighted by atomic mass is 32.1. The molecule has 0 bridgehead atoms. The van der Waals surface area contributed by atoms with Crippen LogP contribution in [0.5, 0.6) is 0 Å². The molecule has 0 spiro atoms. The molecular weight excluding hydrogens is 599 g/mol. The molecule has 3 heterocycles. The monoisotopic (exact) mass is 623 g/mol. The van der Waals surface area contributed by atoms with Gasteiger partial charge >= 0.3 is 0 Å². The molecule has 6 aromatic carbocycles. The molecule has 0 radical (unpaired) electrons. The van der Waals surface area contributed by atoms with Crippen molar-refractivity contribution in [3.63, 3.8) is 0 Å². The highest BCUT2D eigenvalue weighted by molar-refractivity contribution is 7.25. The van der Waals surface area contributed by atoms with Crippen molar-refractivity contribution in [1.29, 1.82) is 0 Å². The van der Waals surface area contributed by atoms with Crippen molar-refractivity contribution in [2.75, 3.05) is 0 Å². The second-order valence-electron chi connectivity index (χ2n) is 11.3. The molecule has 9 aromatic rings. The number of nitrogens with zero attached hydrogens (tertiary/aromatic N) is 3. The van der Waals surface area contributed by atoms with Crippen LogP contribution in [0, 0.1) is 0 Å². The van der Waals surface area contributed by atoms with Crippen molar-refractivity contribution < 1.29 is 0 Å². The van der Waals surface area contributed by atoms with Gasteiger partial charge in [0.1, 0.15) is 0 Å². The van der Waals surface area contributed by atoms with Crippen molar-refractivity contribution in [2.45, 2.75) is 0 Å². The molecular formula is C41H25N3S2. The molecule has 9 rings (SSSR count). The summed E-state index contributed by atoms with van der Waals surface area (Å²) in [7, 11) is 0. The zero-order valence-electron chi connectivity index (χ0n) is 24.6. The summed E-state index contributed by atoms with van der Waals surface area (Å²) >= 11 is 3.61. The Morgan fingerprint density at radius 2 is 0.957 bits per heavy atom. The van der Waals surface area contributed by atoms with Crippen LogP contribution in [-0.2, 0) is 0 Å². The maximum Gasteiger partial charge on any atom is 0.164 e. The van der Waals surface area contributed by atoms with Gasteiger partial charge in [-0.3, -0.25) is 0 Å². The Labute approximate surface area is 274 Å². The molecule has 216 valence electrons. The average Bonchev–Trinajstić information content (AvgIpc) is 3.73. The van der Waals surface area contributed by atoms with Crippen molar-refractivity contribution in [2.24, 2.45) is 0 Å². The van der Waals surface area contributed by atoms with Crippen LogP contribution in [0.4, 0.5) is 0 Å². The first-order valence-electron chi connectivity index (χ1n) is 15.2. The van der Waals surface area contributed by atoms with Gasteiger partial charge < -0.3 is 0 Å². The Morgan fingerprint density at radius 1 is 0.348 bits per heavy atom. The van der Waals surface area contributed by atoms with Crippen molar-refractivity contribution in [1.82, 2.24) is 15.0 Å². The lowest BCUT2D eigenvalue weighted by molar-refractivity contribution is 1.07. The van der Waals surface area contributed by atoms with Gasteiger partial charge in [-0.15, -0.1) is 22.7 Å². The summed E-state index contributed by atoms with van der Waals surface area (Å²) in [6.45, 7) is 0. The van der Waals surface area contributed by atoms with Gasteiger partial charge in [0, 0.05) is 46.4 Å². The Kier molecular flexibility index (Phi) is 6.51. The first-order chi connectivity index (χ1) is 22.8. The maximum atomic E-state index is 5.12. The van der Waals surface area contributed by atoms with E-state index >= 15 is 0 Å². The minimum Gasteiger partial charge on any atom is -0.208 e. The molecule has 5 heteroatoms. The molecule has 0 fully saturated rings. The lowest BCUT2D eigenvalue weighted by Gasteiger charge is -2.12. The Morgan fingerprint density at radius 3 is 1.78 bits per heavy atom. The van der Waals surface area contributed by atoms with Crippen LogP contribution in [0.1, 0.15) is 0 Å². The van der Waals surface area contributed by atoms with E-state index in [2.05, 4.69) is 140 Å². The minimum atomic E-state index is 0.655. The SMILES string of the molecule is c1ccc(-c2ccccc2-c2nc(-c3ccc(-c4cc5ccccc5s4)cc3)nc(-c3ccc4c(c3)sc3ccccc34)n2)cc1. The molecule has 0 amide bonds. The van der Waals surface area contributed by atoms with Crippen molar-refractivity contribution >= 4 is 52.9 Å². The summed E-state index contributed by atoms with van der Waals surface area (Å²) < 4.78 is 3.79. The maximum absolute atomic E-state index is 5.12. The fraction of sp³-hybridized carbons (Fsp3) is 0. The lowest BCUT2D eigenvalue weighted by Crippen LogP contribution is -2.01. The van der Waals surface area contributed by atoms with E-state index in [9.17, 15) is 0 Å². The number of fused-ring (bicyclic) bond motifs is 4. The van der Waals surface area contributed by atoms with E-state index < -0.39 is 0 Å². The Hall–Kier alpha value is -5.49. The Bertz CT molecular complexity index is 2500. The molecule has 0 N–H and O–H groups in total. The van der Waals surface area contributed by atoms with E-state index in [1.165, 1.54) is 40.7 Å². The first-order valence-corrected chi connectivity index (χ1v) is 16.8. The molecule has 3 nitrogen and oxygen atoms in total. The van der Waals surface area contributed by atoms with Gasteiger partial charge in [0.2, 0.25) is 0 Å². The minimum absolute atomic E-state index is 0.655. The number of thiophene rings is 2. The van der Waals surface area contributed by atoms with Crippen molar-refractivity contribution in [3.05, 3.63) is 152 Å². The van der Waals surface area contributed by atoms with Gasteiger partial charge in [0.15, 0.2) is 17.5 Å². The summed E-state index contributed by atoms with van der Waals surface area (Å²) in [4.78, 5) is 16.6. The first kappa shape index (κ1) is 26.9. The van der Waals surface area contributed by atoms with Gasteiger partial charge in [-0.2, -0.15) is 0 Å². The molecule has 0 atom stereocenters. The highest BCUT2D eigenvalue weighted by Crippen LogP contribution is 2.38. The average molecular weight is 624 g/mol. The smallest absolute Gasteiger partial charge is 0.164 e. The van der Waals surface area contributed by atoms with E-state index in [0.717, 1.165) is 27.8 Å². The van der Waals surface area contributed by atoms with Gasteiger partial charge in [-0.1, -0.05) is 127 Å². The topological polar surface area (TPSA) is 38.7 Å².